The molecule has 0 unspecified atom stereocenters. The molecule has 0 spiro atoms. The number of carbonyl (C=O) groups is 2. The number of oxime groups is 1. The average molecular weight is 647 g/mol. The SMILES string of the molecule is C[C@@H](O)[C@H]1C(=O)N2C(C(=O)OCc3ccc([N+](=O)[O-])cc3)=C(c3cn4cnc(C=NOCc5ccc([N+](=O)[O-])cc5)c4s3)[C@H](C)[C@H]12. The zero-order chi connectivity index (χ0) is 32.7. The molecule has 46 heavy (non-hydrogen) atoms. The molecule has 2 aromatic heterocycles. The average Bonchev–Trinajstić information content (AvgIpc) is 3.68. The van der Waals surface area contributed by atoms with E-state index in [0.29, 0.717) is 32.1 Å². The van der Waals surface area contributed by atoms with Crippen LogP contribution in [0.15, 0.2) is 71.9 Å². The summed E-state index contributed by atoms with van der Waals surface area (Å²) in [5.41, 5.74) is 2.31. The van der Waals surface area contributed by atoms with Gasteiger partial charge in [0.15, 0.2) is 0 Å². The molecule has 2 aromatic carbocycles. The molecule has 1 fully saturated rings. The Hall–Kier alpha value is -5.48. The number of carbonyl (C=O) groups excluding carboxylic acids is 2. The van der Waals surface area contributed by atoms with Crippen LogP contribution in [0.3, 0.4) is 0 Å². The van der Waals surface area contributed by atoms with Gasteiger partial charge in [0, 0.05) is 42.0 Å². The first-order valence-corrected chi connectivity index (χ1v) is 14.9. The Labute approximate surface area is 264 Å². The number of nitrogens with zero attached hydrogens (tertiary/aromatic N) is 6. The van der Waals surface area contributed by atoms with Gasteiger partial charge < -0.3 is 19.6 Å². The number of fused-ring (bicyclic) bond motifs is 2. The zero-order valence-corrected chi connectivity index (χ0v) is 25.2. The van der Waals surface area contributed by atoms with Crippen molar-refractivity contribution < 1.29 is 34.1 Å². The van der Waals surface area contributed by atoms with Crippen LogP contribution in [0.4, 0.5) is 11.4 Å². The highest BCUT2D eigenvalue weighted by molar-refractivity contribution is 7.18. The number of β-lactam (4-membered cyclic amide) rings is 1. The van der Waals surface area contributed by atoms with Gasteiger partial charge in [-0.15, -0.1) is 11.3 Å². The molecule has 0 bridgehead atoms. The molecule has 1 saturated heterocycles. The Kier molecular flexibility index (Phi) is 8.06. The van der Waals surface area contributed by atoms with Crippen molar-refractivity contribution in [3.8, 4) is 0 Å². The highest BCUT2D eigenvalue weighted by atomic mass is 32.1. The van der Waals surface area contributed by atoms with Crippen molar-refractivity contribution in [2.75, 3.05) is 0 Å². The number of aliphatic hydroxyl groups excluding tert-OH is 1. The standard InChI is InChI=1S/C30H26N6O9S/c1-16-24(23-12-33-15-31-22(29(33)46-23)11-32-45-14-19-5-9-21(10-6-19)36(42)43)27(34-26(16)25(17(2)37)28(34)38)30(39)44-13-18-3-7-20(8-4-18)35(40)41/h3-12,15-17,25-26,37H,13-14H2,1-2H3/t16-,17+,25+,26+/m0/s1. The number of thiazole rings is 1. The predicted octanol–water partition coefficient (Wildman–Crippen LogP) is 4.07. The number of amides is 1. The van der Waals surface area contributed by atoms with Gasteiger partial charge in [0.05, 0.1) is 39.0 Å². The molecule has 4 heterocycles. The normalized spacial score (nSPS) is 19.8. The fraction of sp³-hybridized carbons (Fsp3) is 0.267. The second-order valence-corrected chi connectivity index (χ2v) is 11.9. The maximum atomic E-state index is 13.6. The van der Waals surface area contributed by atoms with E-state index in [1.807, 2.05) is 6.92 Å². The Bertz CT molecular complexity index is 1910. The van der Waals surface area contributed by atoms with Crippen LogP contribution in [0.1, 0.15) is 35.5 Å². The third kappa shape index (κ3) is 5.48. The number of ether oxygens (including phenoxy) is 1. The number of non-ortho nitro benzene ring substituents is 2. The van der Waals surface area contributed by atoms with Crippen LogP contribution >= 0.6 is 11.3 Å². The Balaban J connectivity index is 1.24. The number of aliphatic hydroxyl groups is 1. The highest BCUT2D eigenvalue weighted by Gasteiger charge is 2.60. The molecular formula is C30H26N6O9S. The van der Waals surface area contributed by atoms with E-state index in [-0.39, 0.29) is 42.1 Å². The van der Waals surface area contributed by atoms with Gasteiger partial charge in [-0.25, -0.2) is 9.78 Å². The summed E-state index contributed by atoms with van der Waals surface area (Å²) in [5, 5.41) is 36.1. The summed E-state index contributed by atoms with van der Waals surface area (Å²) in [6.45, 7) is 3.37. The lowest BCUT2D eigenvalue weighted by Gasteiger charge is -2.46. The van der Waals surface area contributed by atoms with Crippen molar-refractivity contribution in [1.82, 2.24) is 14.3 Å². The largest absolute Gasteiger partial charge is 0.456 e. The molecule has 2 aliphatic heterocycles. The highest BCUT2D eigenvalue weighted by Crippen LogP contribution is 2.51. The van der Waals surface area contributed by atoms with E-state index in [4.69, 9.17) is 9.57 Å². The van der Waals surface area contributed by atoms with E-state index in [1.165, 1.54) is 58.8 Å². The summed E-state index contributed by atoms with van der Waals surface area (Å²) in [6.07, 6.45) is 3.90. The summed E-state index contributed by atoms with van der Waals surface area (Å²) in [5.74, 6) is -2.07. The van der Waals surface area contributed by atoms with Crippen LogP contribution in [0.25, 0.3) is 10.4 Å². The Morgan fingerprint density at radius 3 is 2.28 bits per heavy atom. The smallest absolute Gasteiger partial charge is 0.355 e. The summed E-state index contributed by atoms with van der Waals surface area (Å²) in [6, 6.07) is 11.1. The second-order valence-electron chi connectivity index (χ2n) is 10.9. The number of hydrogen-bond donors (Lipinski definition) is 1. The molecule has 4 aromatic rings. The monoisotopic (exact) mass is 646 g/mol. The fourth-order valence-electron chi connectivity index (χ4n) is 5.76. The van der Waals surface area contributed by atoms with Crippen molar-refractivity contribution in [1.29, 1.82) is 0 Å². The summed E-state index contributed by atoms with van der Waals surface area (Å²) < 4.78 is 7.36. The number of hydrogen-bond acceptors (Lipinski definition) is 12. The van der Waals surface area contributed by atoms with Crippen LogP contribution < -0.4 is 0 Å². The van der Waals surface area contributed by atoms with E-state index in [2.05, 4.69) is 10.1 Å². The van der Waals surface area contributed by atoms with Crippen molar-refractivity contribution in [2.45, 2.75) is 39.2 Å². The van der Waals surface area contributed by atoms with E-state index < -0.39 is 33.9 Å². The van der Waals surface area contributed by atoms with Gasteiger partial charge in [0.2, 0.25) is 5.91 Å². The van der Waals surface area contributed by atoms with E-state index in [1.54, 1.807) is 36.0 Å². The van der Waals surface area contributed by atoms with Crippen LogP contribution in [-0.2, 0) is 32.4 Å². The second kappa shape index (κ2) is 12.1. The number of nitro benzene ring substituents is 2. The Morgan fingerprint density at radius 1 is 1.09 bits per heavy atom. The maximum absolute atomic E-state index is 13.6. The van der Waals surface area contributed by atoms with Crippen LogP contribution in [0, 0.1) is 32.1 Å². The predicted molar refractivity (Wildman–Crippen MR) is 163 cm³/mol. The van der Waals surface area contributed by atoms with Crippen LogP contribution in [0.5, 0.6) is 0 Å². The lowest BCUT2D eigenvalue weighted by molar-refractivity contribution is -0.385. The molecule has 0 aliphatic carbocycles. The maximum Gasteiger partial charge on any atom is 0.355 e. The lowest BCUT2D eigenvalue weighted by Crippen LogP contribution is -2.63. The Morgan fingerprint density at radius 2 is 1.70 bits per heavy atom. The van der Waals surface area contributed by atoms with Gasteiger partial charge in [-0.05, 0) is 42.3 Å². The molecule has 1 N–H and O–H groups in total. The van der Waals surface area contributed by atoms with Crippen molar-refractivity contribution in [2.24, 2.45) is 17.0 Å². The molecule has 4 atom stereocenters. The quantitative estimate of drug-likeness (QED) is 0.0816. The molecule has 6 rings (SSSR count). The molecule has 16 heteroatoms. The van der Waals surface area contributed by atoms with Gasteiger partial charge in [0.25, 0.3) is 11.4 Å². The van der Waals surface area contributed by atoms with E-state index in [0.717, 1.165) is 0 Å². The topological polar surface area (TPSA) is 192 Å². The molecular weight excluding hydrogens is 620 g/mol. The third-order valence-corrected chi connectivity index (χ3v) is 9.17. The summed E-state index contributed by atoms with van der Waals surface area (Å²) in [7, 11) is 0. The molecule has 15 nitrogen and oxygen atoms in total. The number of nitro groups is 2. The molecule has 236 valence electrons. The lowest BCUT2D eigenvalue weighted by atomic mass is 9.77. The number of benzene rings is 2. The molecule has 1 amide bonds. The molecule has 0 saturated carbocycles. The number of imidazole rings is 1. The van der Waals surface area contributed by atoms with Gasteiger partial charge in [-0.1, -0.05) is 12.1 Å². The minimum Gasteiger partial charge on any atom is -0.456 e. The fourth-order valence-corrected chi connectivity index (χ4v) is 6.94. The minimum atomic E-state index is -0.912. The van der Waals surface area contributed by atoms with Gasteiger partial charge in [0.1, 0.15) is 35.8 Å². The number of aromatic nitrogens is 2. The van der Waals surface area contributed by atoms with Gasteiger partial charge >= 0.3 is 5.97 Å². The van der Waals surface area contributed by atoms with Crippen molar-refractivity contribution in [3.05, 3.63) is 109 Å². The van der Waals surface area contributed by atoms with Crippen molar-refractivity contribution >= 4 is 51.2 Å². The first-order chi connectivity index (χ1) is 22.0. The molecule has 0 radical (unpaired) electrons. The number of esters is 1. The molecule has 2 aliphatic rings. The van der Waals surface area contributed by atoms with Gasteiger partial charge in [-0.3, -0.25) is 29.4 Å². The van der Waals surface area contributed by atoms with Gasteiger partial charge in [-0.2, -0.15) is 0 Å². The first kappa shape index (κ1) is 30.5. The third-order valence-electron chi connectivity index (χ3n) is 8.01. The summed E-state index contributed by atoms with van der Waals surface area (Å²) >= 11 is 1.33. The van der Waals surface area contributed by atoms with Crippen molar-refractivity contribution in [3.63, 3.8) is 0 Å². The van der Waals surface area contributed by atoms with E-state index in [9.17, 15) is 34.9 Å². The number of rotatable bonds is 11. The first-order valence-electron chi connectivity index (χ1n) is 14.1. The zero-order valence-electron chi connectivity index (χ0n) is 24.4. The summed E-state index contributed by atoms with van der Waals surface area (Å²) in [4.78, 5) is 60.0. The van der Waals surface area contributed by atoms with Crippen LogP contribution in [-0.4, -0.2) is 59.5 Å². The van der Waals surface area contributed by atoms with E-state index >= 15 is 0 Å². The van der Waals surface area contributed by atoms with Crippen LogP contribution in [0.2, 0.25) is 0 Å². The minimum absolute atomic E-state index is 0.0238.